The van der Waals surface area contributed by atoms with Crippen molar-refractivity contribution < 1.29 is 23.4 Å². The SMILES string of the molecule is O=C1O[C@H]2C[C@H](Oc3ccc4ccc(=O)oc4c3)C[C@H]2O1. The number of ether oxygens (including phenoxy) is 3. The fourth-order valence-corrected chi connectivity index (χ4v) is 2.84. The fraction of sp³-hybridized carbons (Fsp3) is 0.333. The van der Waals surface area contributed by atoms with E-state index in [2.05, 4.69) is 0 Å². The monoisotopic (exact) mass is 288 g/mol. The third-order valence-corrected chi connectivity index (χ3v) is 3.80. The van der Waals surface area contributed by atoms with Crippen LogP contribution in [0.3, 0.4) is 0 Å². The summed E-state index contributed by atoms with van der Waals surface area (Å²) in [4.78, 5) is 22.2. The second-order valence-electron chi connectivity index (χ2n) is 5.23. The zero-order valence-corrected chi connectivity index (χ0v) is 11.0. The maximum Gasteiger partial charge on any atom is 0.509 e. The van der Waals surface area contributed by atoms with Gasteiger partial charge in [0.05, 0.1) is 0 Å². The first-order chi connectivity index (χ1) is 10.2. The van der Waals surface area contributed by atoms with Gasteiger partial charge < -0.3 is 18.6 Å². The van der Waals surface area contributed by atoms with Crippen LogP contribution in [-0.4, -0.2) is 24.5 Å². The molecular formula is C15H12O6. The molecule has 1 aromatic carbocycles. The minimum atomic E-state index is -0.601. The number of carbonyl (C=O) groups is 1. The van der Waals surface area contributed by atoms with Crippen LogP contribution in [0.25, 0.3) is 11.0 Å². The lowest BCUT2D eigenvalue weighted by Crippen LogP contribution is -2.15. The van der Waals surface area contributed by atoms with Crippen LogP contribution in [0, 0.1) is 0 Å². The van der Waals surface area contributed by atoms with Gasteiger partial charge in [-0.05, 0) is 18.2 Å². The summed E-state index contributed by atoms with van der Waals surface area (Å²) in [5.41, 5.74) is 0.0937. The van der Waals surface area contributed by atoms with Gasteiger partial charge in [0.25, 0.3) is 0 Å². The van der Waals surface area contributed by atoms with Crippen molar-refractivity contribution >= 4 is 17.1 Å². The van der Waals surface area contributed by atoms with Crippen molar-refractivity contribution in [3.63, 3.8) is 0 Å². The molecule has 0 N–H and O–H groups in total. The number of hydrogen-bond donors (Lipinski definition) is 0. The number of fused-ring (bicyclic) bond motifs is 2. The van der Waals surface area contributed by atoms with Crippen molar-refractivity contribution in [1.82, 2.24) is 0 Å². The molecule has 1 saturated heterocycles. The zero-order valence-electron chi connectivity index (χ0n) is 11.0. The smallest absolute Gasteiger partial charge is 0.490 e. The van der Waals surface area contributed by atoms with Crippen molar-refractivity contribution in [3.05, 3.63) is 40.8 Å². The van der Waals surface area contributed by atoms with Crippen molar-refractivity contribution in [2.45, 2.75) is 31.2 Å². The van der Waals surface area contributed by atoms with Gasteiger partial charge >= 0.3 is 11.8 Å². The van der Waals surface area contributed by atoms with Crippen LogP contribution in [0.4, 0.5) is 4.79 Å². The number of rotatable bonds is 2. The third-order valence-electron chi connectivity index (χ3n) is 3.80. The topological polar surface area (TPSA) is 75.0 Å². The molecule has 2 heterocycles. The predicted molar refractivity (Wildman–Crippen MR) is 71.3 cm³/mol. The highest BCUT2D eigenvalue weighted by atomic mass is 16.8. The average Bonchev–Trinajstić information content (AvgIpc) is 2.94. The molecule has 2 fully saturated rings. The number of hydrogen-bond acceptors (Lipinski definition) is 6. The molecular weight excluding hydrogens is 276 g/mol. The summed E-state index contributed by atoms with van der Waals surface area (Å²) in [6, 6.07) is 8.44. The Morgan fingerprint density at radius 1 is 1.00 bits per heavy atom. The van der Waals surface area contributed by atoms with Crippen LogP contribution < -0.4 is 10.4 Å². The van der Waals surface area contributed by atoms with Crippen LogP contribution in [-0.2, 0) is 9.47 Å². The third kappa shape index (κ3) is 2.22. The summed E-state index contributed by atoms with van der Waals surface area (Å²) in [5.74, 6) is 0.619. The van der Waals surface area contributed by atoms with Crippen molar-refractivity contribution in [3.8, 4) is 5.75 Å². The van der Waals surface area contributed by atoms with Crippen LogP contribution in [0.2, 0.25) is 0 Å². The molecule has 4 rings (SSSR count). The lowest BCUT2D eigenvalue weighted by Gasteiger charge is -2.14. The molecule has 3 atom stereocenters. The molecule has 108 valence electrons. The second kappa shape index (κ2) is 4.51. The van der Waals surface area contributed by atoms with E-state index in [1.807, 2.05) is 12.1 Å². The molecule has 1 aliphatic carbocycles. The molecule has 6 nitrogen and oxygen atoms in total. The molecule has 0 unspecified atom stereocenters. The molecule has 0 bridgehead atoms. The molecule has 1 aromatic heterocycles. The van der Waals surface area contributed by atoms with Crippen molar-refractivity contribution in [2.24, 2.45) is 0 Å². The van der Waals surface area contributed by atoms with Crippen molar-refractivity contribution in [1.29, 1.82) is 0 Å². The van der Waals surface area contributed by atoms with Gasteiger partial charge in [-0.1, -0.05) is 0 Å². The standard InChI is InChI=1S/C15H12O6/c16-14-4-2-8-1-3-9(5-11(8)19-14)18-10-6-12-13(7-10)21-15(17)20-12/h1-5,10,12-13H,6-7H2/t10-,12-,13+. The highest BCUT2D eigenvalue weighted by Crippen LogP contribution is 2.33. The molecule has 0 amide bonds. The van der Waals surface area contributed by atoms with Crippen LogP contribution in [0.1, 0.15) is 12.8 Å². The lowest BCUT2D eigenvalue weighted by molar-refractivity contribution is 0.0898. The molecule has 1 saturated carbocycles. The maximum atomic E-state index is 11.2. The van der Waals surface area contributed by atoms with Gasteiger partial charge in [-0.2, -0.15) is 0 Å². The molecule has 0 spiro atoms. The summed E-state index contributed by atoms with van der Waals surface area (Å²) in [5, 5.41) is 0.836. The minimum Gasteiger partial charge on any atom is -0.490 e. The maximum absolute atomic E-state index is 11.2. The zero-order chi connectivity index (χ0) is 14.4. The van der Waals surface area contributed by atoms with E-state index in [0.29, 0.717) is 24.2 Å². The summed E-state index contributed by atoms with van der Waals surface area (Å²) in [7, 11) is 0. The molecule has 21 heavy (non-hydrogen) atoms. The van der Waals surface area contributed by atoms with E-state index in [0.717, 1.165) is 5.39 Å². The van der Waals surface area contributed by atoms with Gasteiger partial charge in [0.15, 0.2) is 0 Å². The van der Waals surface area contributed by atoms with Gasteiger partial charge in [-0.3, -0.25) is 0 Å². The summed E-state index contributed by atoms with van der Waals surface area (Å²) in [6.07, 6.45) is 0.0825. The summed E-state index contributed by atoms with van der Waals surface area (Å²) >= 11 is 0. The van der Waals surface area contributed by atoms with Crippen molar-refractivity contribution in [2.75, 3.05) is 0 Å². The highest BCUT2D eigenvalue weighted by molar-refractivity contribution is 5.77. The van der Waals surface area contributed by atoms with E-state index in [9.17, 15) is 9.59 Å². The van der Waals surface area contributed by atoms with Gasteiger partial charge in [0.1, 0.15) is 29.6 Å². The Bertz CT molecular complexity index is 748. The Morgan fingerprint density at radius 2 is 1.71 bits per heavy atom. The van der Waals surface area contributed by atoms with E-state index < -0.39 is 11.8 Å². The number of carbonyl (C=O) groups excluding carboxylic acids is 1. The minimum absolute atomic E-state index is 0.0824. The largest absolute Gasteiger partial charge is 0.509 e. The molecule has 2 aromatic rings. The second-order valence-corrected chi connectivity index (χ2v) is 5.23. The summed E-state index contributed by atoms with van der Waals surface area (Å²) < 4.78 is 21.1. The van der Waals surface area contributed by atoms with E-state index in [-0.39, 0.29) is 18.3 Å². The first-order valence-corrected chi connectivity index (χ1v) is 6.75. The van der Waals surface area contributed by atoms with E-state index in [1.54, 1.807) is 12.1 Å². The molecule has 1 aliphatic heterocycles. The van der Waals surface area contributed by atoms with Gasteiger partial charge in [0.2, 0.25) is 0 Å². The molecule has 2 aliphatic rings. The van der Waals surface area contributed by atoms with E-state index in [1.165, 1.54) is 6.07 Å². The highest BCUT2D eigenvalue weighted by Gasteiger charge is 2.46. The van der Waals surface area contributed by atoms with Crippen LogP contribution in [0.5, 0.6) is 5.75 Å². The Morgan fingerprint density at radius 3 is 2.48 bits per heavy atom. The van der Waals surface area contributed by atoms with Crippen LogP contribution in [0.15, 0.2) is 39.5 Å². The first kappa shape index (κ1) is 12.3. The van der Waals surface area contributed by atoms with Gasteiger partial charge in [-0.15, -0.1) is 0 Å². The normalized spacial score (nSPS) is 27.2. The Hall–Kier alpha value is -2.50. The Kier molecular flexibility index (Phi) is 2.63. The first-order valence-electron chi connectivity index (χ1n) is 6.75. The number of benzene rings is 1. The Balaban J connectivity index is 1.53. The van der Waals surface area contributed by atoms with Crippen LogP contribution >= 0.6 is 0 Å². The Labute approximate surface area is 119 Å². The summed E-state index contributed by atoms with van der Waals surface area (Å²) in [6.45, 7) is 0. The van der Waals surface area contributed by atoms with Gasteiger partial charge in [-0.25, -0.2) is 9.59 Å². The predicted octanol–water partition coefficient (Wildman–Crippen LogP) is 2.24. The van der Waals surface area contributed by atoms with E-state index >= 15 is 0 Å². The fourth-order valence-electron chi connectivity index (χ4n) is 2.84. The van der Waals surface area contributed by atoms with E-state index in [4.69, 9.17) is 18.6 Å². The average molecular weight is 288 g/mol. The lowest BCUT2D eigenvalue weighted by atomic mass is 10.2. The quantitative estimate of drug-likeness (QED) is 0.623. The van der Waals surface area contributed by atoms with Gasteiger partial charge in [0, 0.05) is 30.4 Å². The molecule has 0 radical (unpaired) electrons. The molecule has 6 heteroatoms.